The third kappa shape index (κ3) is 5.52. The van der Waals surface area contributed by atoms with E-state index in [4.69, 9.17) is 25.8 Å². The minimum absolute atomic E-state index is 0.164. The second-order valence-corrected chi connectivity index (χ2v) is 5.94. The van der Waals surface area contributed by atoms with Crippen LogP contribution in [0.3, 0.4) is 0 Å². The van der Waals surface area contributed by atoms with Crippen LogP contribution in [0.5, 0.6) is 17.2 Å². The maximum atomic E-state index is 12.3. The van der Waals surface area contributed by atoms with E-state index >= 15 is 0 Å². The van der Waals surface area contributed by atoms with Gasteiger partial charge in [-0.2, -0.15) is 0 Å². The van der Waals surface area contributed by atoms with Crippen molar-refractivity contribution in [1.29, 1.82) is 0 Å². The minimum atomic E-state index is -0.434. The molecule has 144 valence electrons. The van der Waals surface area contributed by atoms with Crippen LogP contribution in [0.4, 0.5) is 0 Å². The monoisotopic (exact) mass is 392 g/mol. The minimum Gasteiger partial charge on any atom is -0.493 e. The van der Waals surface area contributed by atoms with Crippen molar-refractivity contribution in [2.45, 2.75) is 6.54 Å². The smallest absolute Gasteiger partial charge is 0.251 e. The van der Waals surface area contributed by atoms with Gasteiger partial charge in [-0.1, -0.05) is 23.7 Å². The molecule has 0 radical (unpaired) electrons. The number of rotatable bonds is 8. The molecule has 0 heterocycles. The third-order valence-corrected chi connectivity index (χ3v) is 3.99. The first kappa shape index (κ1) is 20.4. The lowest BCUT2D eigenvalue weighted by Crippen LogP contribution is -2.36. The first-order valence-corrected chi connectivity index (χ1v) is 8.45. The number of methoxy groups -OCH3 is 3. The molecule has 8 heteroatoms. The fraction of sp³-hybridized carbons (Fsp3) is 0.263. The zero-order chi connectivity index (χ0) is 19.8. The van der Waals surface area contributed by atoms with Crippen molar-refractivity contribution >= 4 is 23.4 Å². The molecule has 0 saturated heterocycles. The van der Waals surface area contributed by atoms with Gasteiger partial charge in [-0.05, 0) is 29.8 Å². The summed E-state index contributed by atoms with van der Waals surface area (Å²) in [7, 11) is 4.40. The van der Waals surface area contributed by atoms with Gasteiger partial charge in [-0.15, -0.1) is 0 Å². The average Bonchev–Trinajstić information content (AvgIpc) is 2.70. The second-order valence-electron chi connectivity index (χ2n) is 5.50. The maximum Gasteiger partial charge on any atom is 0.251 e. The lowest BCUT2D eigenvalue weighted by Gasteiger charge is -2.14. The second kappa shape index (κ2) is 9.68. The summed E-state index contributed by atoms with van der Waals surface area (Å²) in [6, 6.07) is 10.2. The standard InChI is InChI=1S/C19H21ClN2O5/c1-25-15-8-13(9-16(26-2)18(15)27-3)19(24)22-11-17(23)21-10-12-4-6-14(20)7-5-12/h4-9H,10-11H2,1-3H3,(H,21,23)(H,22,24). The van der Waals surface area contributed by atoms with Crippen LogP contribution in [0.2, 0.25) is 5.02 Å². The molecule has 0 saturated carbocycles. The van der Waals surface area contributed by atoms with Crippen molar-refractivity contribution in [3.63, 3.8) is 0 Å². The number of amides is 2. The largest absolute Gasteiger partial charge is 0.493 e. The Hall–Kier alpha value is -2.93. The van der Waals surface area contributed by atoms with Crippen LogP contribution < -0.4 is 24.8 Å². The normalized spacial score (nSPS) is 10.1. The number of benzene rings is 2. The Morgan fingerprint density at radius 3 is 2.04 bits per heavy atom. The van der Waals surface area contributed by atoms with Gasteiger partial charge in [0, 0.05) is 17.1 Å². The molecule has 0 unspecified atom stereocenters. The Kier molecular flexibility index (Phi) is 7.31. The molecule has 0 bridgehead atoms. The van der Waals surface area contributed by atoms with Crippen molar-refractivity contribution in [2.75, 3.05) is 27.9 Å². The molecule has 0 aliphatic rings. The highest BCUT2D eigenvalue weighted by molar-refractivity contribution is 6.30. The van der Waals surface area contributed by atoms with Gasteiger partial charge >= 0.3 is 0 Å². The number of halogens is 1. The van der Waals surface area contributed by atoms with Crippen molar-refractivity contribution in [1.82, 2.24) is 10.6 Å². The highest BCUT2D eigenvalue weighted by Gasteiger charge is 2.17. The lowest BCUT2D eigenvalue weighted by atomic mass is 10.1. The number of hydrogen-bond acceptors (Lipinski definition) is 5. The predicted molar refractivity (Wildman–Crippen MR) is 102 cm³/mol. The molecule has 0 aromatic heterocycles. The summed E-state index contributed by atoms with van der Waals surface area (Å²) in [4.78, 5) is 24.3. The van der Waals surface area contributed by atoms with Crippen molar-refractivity contribution in [3.8, 4) is 17.2 Å². The van der Waals surface area contributed by atoms with E-state index in [1.54, 1.807) is 12.1 Å². The summed E-state index contributed by atoms with van der Waals surface area (Å²) in [5.74, 6) is 0.349. The van der Waals surface area contributed by atoms with E-state index in [2.05, 4.69) is 10.6 Å². The predicted octanol–water partition coefficient (Wildman–Crippen LogP) is 2.41. The Labute approximate surface area is 162 Å². The topological polar surface area (TPSA) is 85.9 Å². The zero-order valence-electron chi connectivity index (χ0n) is 15.3. The molecular weight excluding hydrogens is 372 g/mol. The van der Waals surface area contributed by atoms with E-state index in [1.807, 2.05) is 12.1 Å². The summed E-state index contributed by atoms with van der Waals surface area (Å²) in [5, 5.41) is 5.91. The molecule has 2 amide bonds. The van der Waals surface area contributed by atoms with Crippen molar-refractivity contribution in [3.05, 3.63) is 52.5 Å². The maximum absolute atomic E-state index is 12.3. The third-order valence-electron chi connectivity index (χ3n) is 3.74. The van der Waals surface area contributed by atoms with E-state index < -0.39 is 5.91 Å². The summed E-state index contributed by atoms with van der Waals surface area (Å²) < 4.78 is 15.7. The van der Waals surface area contributed by atoms with Crippen LogP contribution in [0.1, 0.15) is 15.9 Å². The van der Waals surface area contributed by atoms with Crippen LogP contribution in [0.25, 0.3) is 0 Å². The van der Waals surface area contributed by atoms with E-state index in [0.29, 0.717) is 28.8 Å². The lowest BCUT2D eigenvalue weighted by molar-refractivity contribution is -0.120. The summed E-state index contributed by atoms with van der Waals surface area (Å²) in [6.45, 7) is 0.180. The van der Waals surface area contributed by atoms with Crippen LogP contribution >= 0.6 is 11.6 Å². The molecular formula is C19H21ClN2O5. The summed E-state index contributed by atoms with van der Waals surface area (Å²) in [6.07, 6.45) is 0. The molecule has 0 fully saturated rings. The molecule has 0 aliphatic heterocycles. The van der Waals surface area contributed by atoms with Crippen LogP contribution in [-0.2, 0) is 11.3 Å². The van der Waals surface area contributed by atoms with Gasteiger partial charge < -0.3 is 24.8 Å². The first-order chi connectivity index (χ1) is 13.0. The van der Waals surface area contributed by atoms with Gasteiger partial charge in [0.05, 0.1) is 27.9 Å². The first-order valence-electron chi connectivity index (χ1n) is 8.07. The van der Waals surface area contributed by atoms with E-state index in [1.165, 1.54) is 33.5 Å². The van der Waals surface area contributed by atoms with Gasteiger partial charge in [0.25, 0.3) is 5.91 Å². The van der Waals surface area contributed by atoms with Crippen LogP contribution in [0.15, 0.2) is 36.4 Å². The molecule has 7 nitrogen and oxygen atoms in total. The zero-order valence-corrected chi connectivity index (χ0v) is 16.1. The molecule has 0 spiro atoms. The molecule has 27 heavy (non-hydrogen) atoms. The highest BCUT2D eigenvalue weighted by atomic mass is 35.5. The number of hydrogen-bond donors (Lipinski definition) is 2. The van der Waals surface area contributed by atoms with Crippen LogP contribution in [-0.4, -0.2) is 39.7 Å². The molecule has 2 rings (SSSR count). The van der Waals surface area contributed by atoms with E-state index in [-0.39, 0.29) is 18.0 Å². The Morgan fingerprint density at radius 1 is 0.926 bits per heavy atom. The summed E-state index contributed by atoms with van der Waals surface area (Å²) in [5.41, 5.74) is 1.19. The number of carbonyl (C=O) groups is 2. The van der Waals surface area contributed by atoms with E-state index in [9.17, 15) is 9.59 Å². The van der Waals surface area contributed by atoms with Crippen molar-refractivity contribution in [2.24, 2.45) is 0 Å². The van der Waals surface area contributed by atoms with Crippen LogP contribution in [0, 0.1) is 0 Å². The van der Waals surface area contributed by atoms with Gasteiger partial charge in [0.1, 0.15) is 0 Å². The summed E-state index contributed by atoms with van der Waals surface area (Å²) >= 11 is 5.82. The SMILES string of the molecule is COc1cc(C(=O)NCC(=O)NCc2ccc(Cl)cc2)cc(OC)c1OC. The number of nitrogens with one attached hydrogen (secondary N) is 2. The fourth-order valence-corrected chi connectivity index (χ4v) is 2.47. The quantitative estimate of drug-likeness (QED) is 0.720. The van der Waals surface area contributed by atoms with Gasteiger partial charge in [0.2, 0.25) is 11.7 Å². The molecule has 2 N–H and O–H groups in total. The van der Waals surface area contributed by atoms with Gasteiger partial charge in [-0.3, -0.25) is 9.59 Å². The molecule has 2 aromatic rings. The van der Waals surface area contributed by atoms with Crippen molar-refractivity contribution < 1.29 is 23.8 Å². The molecule has 0 aliphatic carbocycles. The Balaban J connectivity index is 1.94. The van der Waals surface area contributed by atoms with Gasteiger partial charge in [0.15, 0.2) is 11.5 Å². The highest BCUT2D eigenvalue weighted by Crippen LogP contribution is 2.38. The number of carbonyl (C=O) groups excluding carboxylic acids is 2. The molecule has 2 aromatic carbocycles. The average molecular weight is 393 g/mol. The van der Waals surface area contributed by atoms with Gasteiger partial charge in [-0.25, -0.2) is 0 Å². The Bertz CT molecular complexity index is 783. The number of ether oxygens (including phenoxy) is 3. The fourth-order valence-electron chi connectivity index (χ4n) is 2.34. The van der Waals surface area contributed by atoms with E-state index in [0.717, 1.165) is 5.56 Å². The molecule has 0 atom stereocenters. The Morgan fingerprint density at radius 2 is 1.52 bits per heavy atom.